The molecule has 0 spiro atoms. The van der Waals surface area contributed by atoms with Crippen LogP contribution in [-0.4, -0.2) is 43.5 Å². The molecule has 2 rings (SSSR count). The van der Waals surface area contributed by atoms with Crippen LogP contribution in [0.25, 0.3) is 0 Å². The van der Waals surface area contributed by atoms with E-state index in [1.54, 1.807) is 0 Å². The molecule has 2 atom stereocenters. The van der Waals surface area contributed by atoms with E-state index in [0.717, 1.165) is 12.8 Å². The molecule has 2 unspecified atom stereocenters. The summed E-state index contributed by atoms with van der Waals surface area (Å²) in [5, 5.41) is 0. The number of hydrogen-bond acceptors (Lipinski definition) is 1. The molecule has 0 aromatic rings. The Morgan fingerprint density at radius 1 is 1.33 bits per heavy atom. The van der Waals surface area contributed by atoms with Gasteiger partial charge in [0.05, 0.1) is 0 Å². The van der Waals surface area contributed by atoms with Gasteiger partial charge in [0.15, 0.2) is 0 Å². The number of hydrogen-bond donors (Lipinski definition) is 0. The van der Waals surface area contributed by atoms with Gasteiger partial charge in [0.25, 0.3) is 0 Å². The van der Waals surface area contributed by atoms with Gasteiger partial charge in [-0.1, -0.05) is 20.8 Å². The number of ketones is 1. The minimum absolute atomic E-state index is 0. The Balaban J connectivity index is 0.000000720. The fourth-order valence-electron chi connectivity index (χ4n) is 2.90. The molecule has 66 valence electrons. The van der Waals surface area contributed by atoms with Crippen molar-refractivity contribution in [1.29, 1.82) is 0 Å². The number of rotatable bonds is 0. The van der Waals surface area contributed by atoms with Gasteiger partial charge in [-0.05, 0) is 24.2 Å². The zero-order chi connectivity index (χ0) is 8.28. The van der Waals surface area contributed by atoms with Crippen molar-refractivity contribution in [3.05, 3.63) is 0 Å². The van der Waals surface area contributed by atoms with Crippen LogP contribution in [0.4, 0.5) is 0 Å². The normalized spacial score (nSPS) is 42.9. The fourth-order valence-corrected chi connectivity index (χ4v) is 2.90. The first-order valence-electron chi connectivity index (χ1n) is 4.52. The predicted octanol–water partition coefficient (Wildman–Crippen LogP) is 1.49. The van der Waals surface area contributed by atoms with E-state index < -0.39 is 0 Å². The van der Waals surface area contributed by atoms with Gasteiger partial charge in [0.1, 0.15) is 5.78 Å². The number of carbonyl (C=O) groups is 1. The second-order valence-electron chi connectivity index (χ2n) is 4.92. The van der Waals surface area contributed by atoms with Crippen molar-refractivity contribution >= 4 is 43.5 Å². The molecule has 2 heteroatoms. The molecule has 0 aromatic heterocycles. The Hall–Kier alpha value is 0.930. The van der Waals surface area contributed by atoms with Crippen LogP contribution in [0.3, 0.4) is 0 Å². The van der Waals surface area contributed by atoms with Crippen molar-refractivity contribution in [3.8, 4) is 0 Å². The second-order valence-corrected chi connectivity index (χ2v) is 4.92. The van der Waals surface area contributed by atoms with Crippen LogP contribution in [0.5, 0.6) is 0 Å². The molecule has 2 saturated carbocycles. The summed E-state index contributed by atoms with van der Waals surface area (Å²) in [6, 6.07) is 0. The van der Waals surface area contributed by atoms with Crippen LogP contribution < -0.4 is 0 Å². The topological polar surface area (TPSA) is 17.1 Å². The van der Waals surface area contributed by atoms with Gasteiger partial charge in [-0.25, -0.2) is 0 Å². The zero-order valence-corrected chi connectivity index (χ0v) is 7.61. The number of fused-ring (bicyclic) bond motifs is 2. The first-order valence-corrected chi connectivity index (χ1v) is 4.52. The van der Waals surface area contributed by atoms with Crippen molar-refractivity contribution in [2.24, 2.45) is 16.7 Å². The van der Waals surface area contributed by atoms with E-state index in [2.05, 4.69) is 20.8 Å². The van der Waals surface area contributed by atoms with E-state index in [-0.39, 0.29) is 48.6 Å². The van der Waals surface area contributed by atoms with Gasteiger partial charge in [-0.15, -0.1) is 0 Å². The molecule has 0 heterocycles. The molecule has 0 amide bonds. The van der Waals surface area contributed by atoms with E-state index in [1.165, 1.54) is 6.42 Å². The molecule has 0 saturated heterocycles. The Morgan fingerprint density at radius 3 is 2.08 bits per heavy atom. The van der Waals surface area contributed by atoms with Crippen LogP contribution in [0.2, 0.25) is 0 Å². The van der Waals surface area contributed by atoms with E-state index in [0.29, 0.717) is 11.7 Å². The number of Topliss-reactive ketones (excluding diaryl/α,β-unsaturated/α-hetero) is 1. The first kappa shape index (κ1) is 11.0. The molecular formula is C10H18CaO. The molecule has 0 aliphatic heterocycles. The van der Waals surface area contributed by atoms with E-state index in [9.17, 15) is 4.79 Å². The van der Waals surface area contributed by atoms with Crippen molar-refractivity contribution in [2.45, 2.75) is 40.0 Å². The summed E-state index contributed by atoms with van der Waals surface area (Å²) in [7, 11) is 0. The zero-order valence-electron chi connectivity index (χ0n) is 7.61. The van der Waals surface area contributed by atoms with Gasteiger partial charge in [0.2, 0.25) is 0 Å². The summed E-state index contributed by atoms with van der Waals surface area (Å²) < 4.78 is 0. The standard InChI is InChI=1S/C10H16O.Ca.2H/c1-9(2)7-4-5-10(9,3)8(11)6-7;;;/h7H,4-6H2,1-3H3;;;. The Morgan fingerprint density at radius 2 is 1.92 bits per heavy atom. The van der Waals surface area contributed by atoms with E-state index in [1.807, 2.05) is 0 Å². The Kier molecular flexibility index (Phi) is 2.72. The molecule has 1 nitrogen and oxygen atoms in total. The molecule has 0 radical (unpaired) electrons. The summed E-state index contributed by atoms with van der Waals surface area (Å²) in [5.41, 5.74) is 0.307. The van der Waals surface area contributed by atoms with Crippen molar-refractivity contribution in [2.75, 3.05) is 0 Å². The molecule has 0 aromatic carbocycles. The van der Waals surface area contributed by atoms with E-state index in [4.69, 9.17) is 0 Å². The quantitative estimate of drug-likeness (QED) is 0.534. The minimum atomic E-state index is 0. The molecule has 12 heavy (non-hydrogen) atoms. The number of carbonyl (C=O) groups excluding carboxylic acids is 1. The Labute approximate surface area is 104 Å². The molecule has 2 aliphatic rings. The summed E-state index contributed by atoms with van der Waals surface area (Å²) in [5.74, 6) is 1.19. The van der Waals surface area contributed by atoms with Gasteiger partial charge >= 0.3 is 37.7 Å². The summed E-state index contributed by atoms with van der Waals surface area (Å²) in [6.45, 7) is 6.67. The van der Waals surface area contributed by atoms with Crippen LogP contribution in [0.1, 0.15) is 40.0 Å². The molecule has 2 fully saturated rings. The maximum atomic E-state index is 11.6. The summed E-state index contributed by atoms with van der Waals surface area (Å²) >= 11 is 0. The molecule has 2 bridgehead atoms. The third-order valence-electron chi connectivity index (χ3n) is 4.48. The van der Waals surface area contributed by atoms with Crippen molar-refractivity contribution in [1.82, 2.24) is 0 Å². The average Bonchev–Trinajstić information content (AvgIpc) is 2.20. The van der Waals surface area contributed by atoms with Crippen molar-refractivity contribution in [3.63, 3.8) is 0 Å². The van der Waals surface area contributed by atoms with Crippen molar-refractivity contribution < 1.29 is 4.79 Å². The SMILES string of the molecule is CC12CCC(CC1=O)C2(C)C.[CaH2]. The van der Waals surface area contributed by atoms with Crippen LogP contribution >= 0.6 is 0 Å². The van der Waals surface area contributed by atoms with Gasteiger partial charge < -0.3 is 0 Å². The Bertz CT molecular complexity index is 222. The summed E-state index contributed by atoms with van der Waals surface area (Å²) in [6.07, 6.45) is 3.25. The molecular weight excluding hydrogens is 176 g/mol. The maximum absolute atomic E-state index is 11.6. The molecule has 2 aliphatic carbocycles. The second kappa shape index (κ2) is 2.96. The van der Waals surface area contributed by atoms with Crippen LogP contribution in [-0.2, 0) is 4.79 Å². The average molecular weight is 194 g/mol. The van der Waals surface area contributed by atoms with Gasteiger partial charge in [-0.2, -0.15) is 0 Å². The predicted molar refractivity (Wildman–Crippen MR) is 52.8 cm³/mol. The monoisotopic (exact) mass is 194 g/mol. The van der Waals surface area contributed by atoms with Gasteiger partial charge in [0, 0.05) is 11.8 Å². The third kappa shape index (κ3) is 1.06. The molecule has 0 N–H and O–H groups in total. The summed E-state index contributed by atoms with van der Waals surface area (Å²) in [4.78, 5) is 11.6. The van der Waals surface area contributed by atoms with Crippen LogP contribution in [0, 0.1) is 16.7 Å². The van der Waals surface area contributed by atoms with Crippen LogP contribution in [0.15, 0.2) is 0 Å². The van der Waals surface area contributed by atoms with Gasteiger partial charge in [-0.3, -0.25) is 4.79 Å². The third-order valence-corrected chi connectivity index (χ3v) is 4.48. The van der Waals surface area contributed by atoms with E-state index >= 15 is 0 Å². The first-order chi connectivity index (χ1) is 4.98. The fraction of sp³-hybridized carbons (Fsp3) is 0.900.